The summed E-state index contributed by atoms with van der Waals surface area (Å²) in [6.45, 7) is 4.15. The predicted octanol–water partition coefficient (Wildman–Crippen LogP) is 5.41. The fraction of sp³-hybridized carbons (Fsp3) is 1.00. The summed E-state index contributed by atoms with van der Waals surface area (Å²) in [4.78, 5) is 0. The van der Waals surface area contributed by atoms with Crippen molar-refractivity contribution in [2.45, 2.75) is 90.6 Å². The summed E-state index contributed by atoms with van der Waals surface area (Å²) in [7, 11) is 0. The van der Waals surface area contributed by atoms with E-state index < -0.39 is 0 Å². The highest BCUT2D eigenvalue weighted by atomic mass is 32.2. The van der Waals surface area contributed by atoms with Crippen LogP contribution >= 0.6 is 11.8 Å². The molecule has 0 spiro atoms. The van der Waals surface area contributed by atoms with Gasteiger partial charge < -0.3 is 5.11 Å². The second-order valence-electron chi connectivity index (χ2n) is 5.46. The zero-order valence-electron chi connectivity index (χ0n) is 12.6. The fourth-order valence-corrected chi connectivity index (χ4v) is 3.04. The Bertz CT molecular complexity index is 148. The number of thioether (sulfide) groups is 1. The minimum absolute atomic E-state index is 0.136. The monoisotopic (exact) mass is 274 g/mol. The number of unbranched alkanes of at least 4 members (excludes halogenated alkanes) is 10. The van der Waals surface area contributed by atoms with Crippen LogP contribution in [0.25, 0.3) is 0 Å². The van der Waals surface area contributed by atoms with E-state index in [1.807, 2.05) is 18.7 Å². The molecule has 2 heteroatoms. The number of rotatable bonds is 14. The molecule has 0 radical (unpaired) electrons. The van der Waals surface area contributed by atoms with Gasteiger partial charge in [-0.2, -0.15) is 11.8 Å². The molecule has 18 heavy (non-hydrogen) atoms. The van der Waals surface area contributed by atoms with E-state index in [4.69, 9.17) is 5.11 Å². The first-order valence-corrected chi connectivity index (χ1v) is 9.18. The summed E-state index contributed by atoms with van der Waals surface area (Å²) < 4.78 is 0. The van der Waals surface area contributed by atoms with Crippen LogP contribution in [0.2, 0.25) is 0 Å². The van der Waals surface area contributed by atoms with E-state index in [2.05, 4.69) is 6.92 Å². The van der Waals surface area contributed by atoms with Gasteiger partial charge in [0.25, 0.3) is 0 Å². The average molecular weight is 275 g/mol. The van der Waals surface area contributed by atoms with Gasteiger partial charge in [-0.15, -0.1) is 0 Å². The average Bonchev–Trinajstić information content (AvgIpc) is 2.34. The van der Waals surface area contributed by atoms with Crippen LogP contribution in [0.5, 0.6) is 0 Å². The van der Waals surface area contributed by atoms with Crippen molar-refractivity contribution in [3.63, 3.8) is 0 Å². The lowest BCUT2D eigenvalue weighted by atomic mass is 10.1. The molecule has 0 saturated heterocycles. The Morgan fingerprint density at radius 2 is 1.22 bits per heavy atom. The number of hydrogen-bond acceptors (Lipinski definition) is 2. The van der Waals surface area contributed by atoms with E-state index in [-0.39, 0.29) is 6.10 Å². The van der Waals surface area contributed by atoms with Crippen molar-refractivity contribution >= 4 is 11.8 Å². The molecule has 1 N–H and O–H groups in total. The van der Waals surface area contributed by atoms with Crippen molar-refractivity contribution in [2.24, 2.45) is 0 Å². The van der Waals surface area contributed by atoms with Crippen LogP contribution in [-0.2, 0) is 0 Å². The van der Waals surface area contributed by atoms with Gasteiger partial charge in [-0.1, -0.05) is 71.1 Å². The first-order valence-electron chi connectivity index (χ1n) is 8.03. The molecule has 0 aliphatic rings. The molecule has 0 aromatic rings. The standard InChI is InChI=1S/C16H34OS/c1-3-4-5-6-7-8-9-10-11-12-13-14-18-15-16(2)17/h16-17H,3-15H2,1-2H3. The van der Waals surface area contributed by atoms with E-state index >= 15 is 0 Å². The molecule has 0 heterocycles. The highest BCUT2D eigenvalue weighted by Crippen LogP contribution is 2.13. The highest BCUT2D eigenvalue weighted by Gasteiger charge is 1.96. The second-order valence-corrected chi connectivity index (χ2v) is 6.61. The summed E-state index contributed by atoms with van der Waals surface area (Å²) in [5.41, 5.74) is 0. The first kappa shape index (κ1) is 18.3. The van der Waals surface area contributed by atoms with Gasteiger partial charge in [0.05, 0.1) is 6.10 Å². The smallest absolute Gasteiger partial charge is 0.0602 e. The van der Waals surface area contributed by atoms with E-state index in [9.17, 15) is 0 Å². The van der Waals surface area contributed by atoms with Gasteiger partial charge in [-0.3, -0.25) is 0 Å². The minimum Gasteiger partial charge on any atom is -0.393 e. The Morgan fingerprint density at radius 3 is 1.67 bits per heavy atom. The predicted molar refractivity (Wildman–Crippen MR) is 85.5 cm³/mol. The van der Waals surface area contributed by atoms with Gasteiger partial charge in [0.1, 0.15) is 0 Å². The largest absolute Gasteiger partial charge is 0.393 e. The molecule has 1 atom stereocenters. The third kappa shape index (κ3) is 16.3. The summed E-state index contributed by atoms with van der Waals surface area (Å²) in [6, 6.07) is 0. The molecular weight excluding hydrogens is 240 g/mol. The van der Waals surface area contributed by atoms with Gasteiger partial charge in [-0.25, -0.2) is 0 Å². The SMILES string of the molecule is CCCCCCCCCCCCCSCC(C)O. The number of aliphatic hydroxyl groups excluding tert-OH is 1. The molecule has 110 valence electrons. The van der Waals surface area contributed by atoms with Crippen LogP contribution in [0.4, 0.5) is 0 Å². The summed E-state index contributed by atoms with van der Waals surface area (Å²) in [6.07, 6.45) is 15.4. The van der Waals surface area contributed by atoms with Crippen molar-refractivity contribution in [1.29, 1.82) is 0 Å². The third-order valence-electron chi connectivity index (χ3n) is 3.25. The minimum atomic E-state index is -0.136. The van der Waals surface area contributed by atoms with E-state index in [0.717, 1.165) is 5.75 Å². The molecule has 1 unspecified atom stereocenters. The Balaban J connectivity index is 2.90. The van der Waals surface area contributed by atoms with Crippen molar-refractivity contribution in [3.8, 4) is 0 Å². The molecule has 1 nitrogen and oxygen atoms in total. The molecule has 0 bridgehead atoms. The summed E-state index contributed by atoms with van der Waals surface area (Å²) >= 11 is 1.89. The van der Waals surface area contributed by atoms with E-state index in [0.29, 0.717) is 0 Å². The van der Waals surface area contributed by atoms with Crippen LogP contribution in [0, 0.1) is 0 Å². The van der Waals surface area contributed by atoms with Crippen LogP contribution < -0.4 is 0 Å². The summed E-state index contributed by atoms with van der Waals surface area (Å²) in [5.74, 6) is 2.12. The Hall–Kier alpha value is 0.310. The van der Waals surface area contributed by atoms with Gasteiger partial charge in [0.2, 0.25) is 0 Å². The van der Waals surface area contributed by atoms with Crippen LogP contribution in [0.3, 0.4) is 0 Å². The highest BCUT2D eigenvalue weighted by molar-refractivity contribution is 7.99. The molecular formula is C16H34OS. The lowest BCUT2D eigenvalue weighted by molar-refractivity contribution is 0.220. The first-order chi connectivity index (χ1) is 8.77. The molecule has 0 rings (SSSR count). The van der Waals surface area contributed by atoms with Gasteiger partial charge >= 0.3 is 0 Å². The zero-order valence-corrected chi connectivity index (χ0v) is 13.4. The molecule has 0 amide bonds. The van der Waals surface area contributed by atoms with Gasteiger partial charge in [-0.05, 0) is 19.1 Å². The number of hydrogen-bond donors (Lipinski definition) is 1. The number of aliphatic hydroxyl groups is 1. The third-order valence-corrected chi connectivity index (χ3v) is 4.55. The lowest BCUT2D eigenvalue weighted by Gasteiger charge is -2.04. The Kier molecular flexibility index (Phi) is 15.6. The molecule has 0 saturated carbocycles. The second kappa shape index (κ2) is 15.4. The van der Waals surface area contributed by atoms with Crippen molar-refractivity contribution in [3.05, 3.63) is 0 Å². The normalized spacial score (nSPS) is 12.8. The lowest BCUT2D eigenvalue weighted by Crippen LogP contribution is -2.03. The maximum Gasteiger partial charge on any atom is 0.0602 e. The molecule has 0 aliphatic heterocycles. The Labute approximate surface area is 119 Å². The van der Waals surface area contributed by atoms with E-state index in [1.54, 1.807) is 0 Å². The quantitative estimate of drug-likeness (QED) is 0.427. The van der Waals surface area contributed by atoms with Crippen LogP contribution in [-0.4, -0.2) is 22.7 Å². The molecule has 0 aromatic heterocycles. The maximum atomic E-state index is 9.11. The van der Waals surface area contributed by atoms with E-state index in [1.165, 1.54) is 76.4 Å². The zero-order chi connectivity index (χ0) is 13.5. The molecule has 0 aromatic carbocycles. The van der Waals surface area contributed by atoms with Crippen molar-refractivity contribution in [1.82, 2.24) is 0 Å². The van der Waals surface area contributed by atoms with Crippen LogP contribution in [0.1, 0.15) is 84.5 Å². The fourth-order valence-electron chi connectivity index (χ4n) is 2.12. The van der Waals surface area contributed by atoms with Gasteiger partial charge in [0.15, 0.2) is 0 Å². The molecule has 0 fully saturated rings. The van der Waals surface area contributed by atoms with Crippen molar-refractivity contribution in [2.75, 3.05) is 11.5 Å². The van der Waals surface area contributed by atoms with Crippen LogP contribution in [0.15, 0.2) is 0 Å². The summed E-state index contributed by atoms with van der Waals surface area (Å²) in [5, 5.41) is 9.11. The topological polar surface area (TPSA) is 20.2 Å². The molecule has 0 aliphatic carbocycles. The van der Waals surface area contributed by atoms with Crippen molar-refractivity contribution < 1.29 is 5.11 Å². The Morgan fingerprint density at radius 1 is 0.778 bits per heavy atom. The van der Waals surface area contributed by atoms with Gasteiger partial charge in [0, 0.05) is 5.75 Å². The maximum absolute atomic E-state index is 9.11.